The lowest BCUT2D eigenvalue weighted by Crippen LogP contribution is -2.75. The van der Waals surface area contributed by atoms with E-state index >= 15 is 0 Å². The number of aromatic nitrogens is 1. The third kappa shape index (κ3) is 12.8. The maximum atomic E-state index is 14.2. The van der Waals surface area contributed by atoms with Crippen molar-refractivity contribution in [3.05, 3.63) is 183 Å². The van der Waals surface area contributed by atoms with Crippen LogP contribution < -0.4 is 26.4 Å². The van der Waals surface area contributed by atoms with Crippen molar-refractivity contribution in [3.63, 3.8) is 0 Å². The average Bonchev–Trinajstić information content (AvgIpc) is 3.25. The Hall–Kier alpha value is -6.70. The van der Waals surface area contributed by atoms with Crippen LogP contribution in [0.1, 0.15) is 60.6 Å². The van der Waals surface area contributed by atoms with Gasteiger partial charge in [-0.25, -0.2) is 0 Å². The first kappa shape index (κ1) is 56.2. The molecule has 6 aromatic rings. The molecule has 1 heterocycles. The summed E-state index contributed by atoms with van der Waals surface area (Å²) in [7, 11) is 0. The molecular formula is C45H24BF24NO. The summed E-state index contributed by atoms with van der Waals surface area (Å²) in [5.41, 5.74) is -28.3. The van der Waals surface area contributed by atoms with Crippen LogP contribution in [0.4, 0.5) is 105 Å². The summed E-state index contributed by atoms with van der Waals surface area (Å²) in [6.45, 7) is 0.732. The van der Waals surface area contributed by atoms with Gasteiger partial charge in [0.15, 0.2) is 12.7 Å². The molecule has 1 aromatic heterocycles. The fraction of sp³-hybridized carbons (Fsp3) is 0.200. The van der Waals surface area contributed by atoms with E-state index in [-0.39, 0.29) is 0 Å². The van der Waals surface area contributed by atoms with Crippen LogP contribution in [-0.2, 0) is 56.0 Å². The number of carbonyl (C=O) groups is 1. The van der Waals surface area contributed by atoms with Gasteiger partial charge in [0.1, 0.15) is 6.15 Å². The lowest BCUT2D eigenvalue weighted by molar-refractivity contribution is -0.689. The van der Waals surface area contributed by atoms with Crippen LogP contribution in [0.25, 0.3) is 0 Å². The van der Waals surface area contributed by atoms with Gasteiger partial charge in [-0.2, -0.15) is 132 Å². The van der Waals surface area contributed by atoms with Gasteiger partial charge in [0.05, 0.1) is 44.5 Å². The van der Waals surface area contributed by atoms with E-state index in [1.165, 1.54) is 5.56 Å². The van der Waals surface area contributed by atoms with Gasteiger partial charge in [-0.3, -0.25) is 4.79 Å². The highest BCUT2D eigenvalue weighted by Gasteiger charge is 2.47. The van der Waals surface area contributed by atoms with E-state index in [4.69, 9.17) is 0 Å². The highest BCUT2D eigenvalue weighted by atomic mass is 19.4. The van der Waals surface area contributed by atoms with Gasteiger partial charge >= 0.3 is 49.4 Å². The molecule has 5 aromatic carbocycles. The summed E-state index contributed by atoms with van der Waals surface area (Å²) in [5.74, 6) is 0. The second-order valence-corrected chi connectivity index (χ2v) is 15.6. The maximum Gasteiger partial charge on any atom is 0.416 e. The fourth-order valence-corrected chi connectivity index (χ4v) is 7.59. The first-order chi connectivity index (χ1) is 32.7. The maximum absolute atomic E-state index is 14.2. The summed E-state index contributed by atoms with van der Waals surface area (Å²) in [6, 6.07) is 6.88. The number of rotatable bonds is 7. The van der Waals surface area contributed by atoms with Crippen molar-refractivity contribution in [3.8, 4) is 0 Å². The van der Waals surface area contributed by atoms with Gasteiger partial charge < -0.3 is 0 Å². The summed E-state index contributed by atoms with van der Waals surface area (Å²) >= 11 is 0. The Kier molecular flexibility index (Phi) is 15.1. The van der Waals surface area contributed by atoms with Gasteiger partial charge in [-0.15, -0.1) is 0 Å². The summed E-state index contributed by atoms with van der Waals surface area (Å²) in [4.78, 5) is 10.8. The smallest absolute Gasteiger partial charge is 0.291 e. The molecule has 0 saturated heterocycles. The minimum absolute atomic E-state index is 0.691. The average molecular weight is 1060 g/mol. The highest BCUT2D eigenvalue weighted by molar-refractivity contribution is 7.20. The van der Waals surface area contributed by atoms with Crippen LogP contribution in [0.3, 0.4) is 0 Å². The van der Waals surface area contributed by atoms with Gasteiger partial charge in [-0.1, -0.05) is 78.9 Å². The predicted molar refractivity (Wildman–Crippen MR) is 208 cm³/mol. The Morgan fingerprint density at radius 2 is 0.569 bits per heavy atom. The molecule has 0 aliphatic carbocycles. The molecule has 0 amide bonds. The van der Waals surface area contributed by atoms with E-state index in [1.807, 2.05) is 47.2 Å². The summed E-state index contributed by atoms with van der Waals surface area (Å²) < 4.78 is 343. The van der Waals surface area contributed by atoms with Crippen LogP contribution in [0.2, 0.25) is 0 Å². The van der Waals surface area contributed by atoms with Crippen LogP contribution in [0.15, 0.2) is 128 Å². The van der Waals surface area contributed by atoms with Crippen molar-refractivity contribution in [2.24, 2.45) is 0 Å². The number of hydrogen-bond donors (Lipinski definition) is 0. The molecule has 0 saturated carbocycles. The fourth-order valence-electron chi connectivity index (χ4n) is 7.59. The van der Waals surface area contributed by atoms with Crippen LogP contribution in [0.5, 0.6) is 0 Å². The van der Waals surface area contributed by atoms with E-state index in [2.05, 4.69) is 12.1 Å². The number of benzene rings is 5. The standard InChI is InChI=1S/C32H12BF24.C13H12NO/c34-25(35,36)13-1-14(26(37,38)39)6-21(5-13)33(22-7-15(27(40,41)42)2-16(8-22)28(43,44)45,23-9-17(29(46,47)48)3-18(10-23)30(49,50)51)24-11-19(31(52,53)54)4-20(12-24)32(55,56)57;15-11-13-8-4-5-9-14(13)10-12-6-2-1-3-7-12/h1-12H;1-9,11H,10H2/q-1;+1. The van der Waals surface area contributed by atoms with E-state index in [0.717, 1.165) is 12.8 Å². The normalized spacial score (nSPS) is 13.4. The molecule has 0 fully saturated rings. The zero-order valence-corrected chi connectivity index (χ0v) is 34.9. The third-order valence-corrected chi connectivity index (χ3v) is 10.7. The summed E-state index contributed by atoms with van der Waals surface area (Å²) in [6.07, 6.45) is -52.0. The van der Waals surface area contributed by atoms with Crippen LogP contribution in [0, 0.1) is 0 Å². The number of hydrogen-bond acceptors (Lipinski definition) is 1. The third-order valence-electron chi connectivity index (χ3n) is 10.7. The van der Waals surface area contributed by atoms with Crippen LogP contribution in [-0.4, -0.2) is 12.4 Å². The molecule has 0 N–H and O–H groups in total. The molecule has 27 heteroatoms. The topological polar surface area (TPSA) is 20.9 Å². The van der Waals surface area contributed by atoms with Crippen molar-refractivity contribution < 1.29 is 115 Å². The Balaban J connectivity index is 0.000000542. The van der Waals surface area contributed by atoms with E-state index in [0.29, 0.717) is 5.69 Å². The number of aldehydes is 1. The molecule has 0 spiro atoms. The Morgan fingerprint density at radius 3 is 0.792 bits per heavy atom. The molecule has 0 aliphatic heterocycles. The van der Waals surface area contributed by atoms with E-state index in [1.54, 1.807) is 0 Å². The molecular weight excluding hydrogens is 1040 g/mol. The second-order valence-electron chi connectivity index (χ2n) is 15.6. The Morgan fingerprint density at radius 1 is 0.333 bits per heavy atom. The van der Waals surface area contributed by atoms with E-state index < -0.39 is 195 Å². The lowest BCUT2D eigenvalue weighted by atomic mass is 9.12. The number of pyridine rings is 1. The molecule has 6 rings (SSSR count). The molecule has 0 unspecified atom stereocenters. The minimum Gasteiger partial charge on any atom is -0.291 e. The number of carbonyl (C=O) groups excluding carboxylic acids is 1. The monoisotopic (exact) mass is 1060 g/mol. The Bertz CT molecular complexity index is 2470. The zero-order chi connectivity index (χ0) is 54.4. The SMILES string of the molecule is FC(F)(F)c1cc([B-](c2cc(C(F)(F)F)cc(C(F)(F)F)c2)(c2cc(C(F)(F)F)cc(C(F)(F)F)c2)c2cc(C(F)(F)F)cc(C(F)(F)F)c2)cc(C(F)(F)F)c1.O=Cc1cccc[n+]1Cc1ccccc1. The van der Waals surface area contributed by atoms with E-state index in [9.17, 15) is 110 Å². The number of nitrogens with zero attached hydrogens (tertiary/aromatic N) is 1. The molecule has 386 valence electrons. The first-order valence-corrected chi connectivity index (χ1v) is 19.5. The quantitative estimate of drug-likeness (QED) is 0.0675. The molecule has 0 aliphatic rings. The van der Waals surface area contributed by atoms with Crippen molar-refractivity contribution >= 4 is 34.3 Å². The lowest BCUT2D eigenvalue weighted by Gasteiger charge is -2.46. The van der Waals surface area contributed by atoms with Crippen molar-refractivity contribution in [1.82, 2.24) is 0 Å². The van der Waals surface area contributed by atoms with Gasteiger partial charge in [0.25, 0.3) is 0 Å². The molecule has 0 atom stereocenters. The zero-order valence-electron chi connectivity index (χ0n) is 34.9. The summed E-state index contributed by atoms with van der Waals surface area (Å²) in [5, 5.41) is 0. The van der Waals surface area contributed by atoms with Crippen LogP contribution >= 0.6 is 0 Å². The van der Waals surface area contributed by atoms with Gasteiger partial charge in [0.2, 0.25) is 12.0 Å². The first-order valence-electron chi connectivity index (χ1n) is 19.5. The highest BCUT2D eigenvalue weighted by Crippen LogP contribution is 2.41. The largest absolute Gasteiger partial charge is 0.416 e. The Labute approximate surface area is 388 Å². The van der Waals surface area contributed by atoms with Crippen molar-refractivity contribution in [2.45, 2.75) is 56.0 Å². The molecule has 0 radical (unpaired) electrons. The number of alkyl halides is 24. The van der Waals surface area contributed by atoms with Crippen molar-refractivity contribution in [1.29, 1.82) is 0 Å². The molecule has 72 heavy (non-hydrogen) atoms. The molecule has 2 nitrogen and oxygen atoms in total. The second kappa shape index (κ2) is 19.4. The van der Waals surface area contributed by atoms with Crippen molar-refractivity contribution in [2.75, 3.05) is 0 Å². The minimum atomic E-state index is -6.13. The molecule has 0 bridgehead atoms. The van der Waals surface area contributed by atoms with Gasteiger partial charge in [0, 0.05) is 17.7 Å². The number of halogens is 24. The van der Waals surface area contributed by atoms with Gasteiger partial charge in [-0.05, 0) is 30.3 Å². The predicted octanol–water partition coefficient (Wildman–Crippen LogP) is 13.0.